The number of rotatable bonds is 4. The molecule has 0 unspecified atom stereocenters. The van der Waals surface area contributed by atoms with E-state index in [4.69, 9.17) is 9.47 Å². The Morgan fingerprint density at radius 1 is 0.833 bits per heavy atom. The highest BCUT2D eigenvalue weighted by Crippen LogP contribution is 2.25. The molecule has 118 valence electrons. The molecule has 0 aliphatic heterocycles. The van der Waals surface area contributed by atoms with Crippen molar-refractivity contribution in [1.29, 1.82) is 0 Å². The zero-order valence-electron chi connectivity index (χ0n) is 13.0. The molecule has 0 saturated carbocycles. The first kappa shape index (κ1) is 14.2. The van der Waals surface area contributed by atoms with E-state index in [1.54, 1.807) is 23.8 Å². The van der Waals surface area contributed by atoms with E-state index in [1.165, 1.54) is 0 Å². The largest absolute Gasteiger partial charge is 0.497 e. The first-order valence-electron chi connectivity index (χ1n) is 7.43. The Bertz CT molecular complexity index is 983. The summed E-state index contributed by atoms with van der Waals surface area (Å²) in [5, 5.41) is 12.9. The summed E-state index contributed by atoms with van der Waals surface area (Å²) in [6, 6.07) is 20.7. The maximum atomic E-state index is 5.82. The first-order chi connectivity index (χ1) is 11.8. The Balaban J connectivity index is 1.72. The van der Waals surface area contributed by atoms with Crippen LogP contribution in [0.25, 0.3) is 17.0 Å². The van der Waals surface area contributed by atoms with Gasteiger partial charge in [-0.2, -0.15) is 4.52 Å². The lowest BCUT2D eigenvalue weighted by molar-refractivity contribution is 0.406. The molecule has 0 amide bonds. The van der Waals surface area contributed by atoms with Gasteiger partial charge in [0.1, 0.15) is 11.5 Å². The van der Waals surface area contributed by atoms with E-state index in [1.807, 2.05) is 54.6 Å². The Kier molecular flexibility index (Phi) is 3.55. The van der Waals surface area contributed by atoms with E-state index in [2.05, 4.69) is 15.3 Å². The second kappa shape index (κ2) is 6.00. The number of nitrogens with zero attached hydrogens (tertiary/aromatic N) is 4. The van der Waals surface area contributed by atoms with E-state index in [0.29, 0.717) is 23.1 Å². The molecular formula is C18H14N4O2. The van der Waals surface area contributed by atoms with E-state index in [-0.39, 0.29) is 0 Å². The van der Waals surface area contributed by atoms with E-state index < -0.39 is 0 Å². The van der Waals surface area contributed by atoms with Crippen LogP contribution in [-0.2, 0) is 0 Å². The number of aromatic nitrogens is 4. The van der Waals surface area contributed by atoms with E-state index in [0.717, 1.165) is 11.3 Å². The van der Waals surface area contributed by atoms with Crippen LogP contribution >= 0.6 is 0 Å². The summed E-state index contributed by atoms with van der Waals surface area (Å²) in [5.41, 5.74) is 1.60. The van der Waals surface area contributed by atoms with Gasteiger partial charge in [0.05, 0.1) is 7.11 Å². The van der Waals surface area contributed by atoms with Crippen molar-refractivity contribution in [1.82, 2.24) is 19.8 Å². The monoisotopic (exact) mass is 318 g/mol. The van der Waals surface area contributed by atoms with Gasteiger partial charge in [0.15, 0.2) is 11.5 Å². The van der Waals surface area contributed by atoms with Crippen molar-refractivity contribution in [3.63, 3.8) is 0 Å². The van der Waals surface area contributed by atoms with Crippen LogP contribution in [0.2, 0.25) is 0 Å². The topological polar surface area (TPSA) is 61.5 Å². The minimum atomic E-state index is 0.452. The molecule has 0 aliphatic rings. The van der Waals surface area contributed by atoms with Crippen LogP contribution in [0.4, 0.5) is 0 Å². The van der Waals surface area contributed by atoms with Gasteiger partial charge in [-0.1, -0.05) is 36.4 Å². The summed E-state index contributed by atoms with van der Waals surface area (Å²) >= 11 is 0. The zero-order valence-corrected chi connectivity index (χ0v) is 13.0. The van der Waals surface area contributed by atoms with Crippen molar-refractivity contribution in [2.75, 3.05) is 7.11 Å². The van der Waals surface area contributed by atoms with Gasteiger partial charge in [0, 0.05) is 17.7 Å². The van der Waals surface area contributed by atoms with Crippen LogP contribution in [0.3, 0.4) is 0 Å². The Morgan fingerprint density at radius 2 is 1.67 bits per heavy atom. The molecular weight excluding hydrogens is 304 g/mol. The Hall–Kier alpha value is -3.41. The summed E-state index contributed by atoms with van der Waals surface area (Å²) in [4.78, 5) is 0. The van der Waals surface area contributed by atoms with Crippen LogP contribution in [0.1, 0.15) is 0 Å². The third-order valence-corrected chi connectivity index (χ3v) is 3.53. The molecule has 4 aromatic rings. The SMILES string of the molecule is COc1cccc(Oc2ccc3nnc(-c4ccccc4)n3n2)c1. The van der Waals surface area contributed by atoms with Crippen molar-refractivity contribution < 1.29 is 9.47 Å². The third kappa shape index (κ3) is 2.65. The number of hydrogen-bond donors (Lipinski definition) is 0. The second-order valence-electron chi connectivity index (χ2n) is 5.11. The third-order valence-electron chi connectivity index (χ3n) is 3.53. The molecule has 6 nitrogen and oxygen atoms in total. The highest BCUT2D eigenvalue weighted by molar-refractivity contribution is 5.58. The van der Waals surface area contributed by atoms with E-state index in [9.17, 15) is 0 Å². The molecule has 0 aliphatic carbocycles. The average Bonchev–Trinajstić information content (AvgIpc) is 3.06. The van der Waals surface area contributed by atoms with E-state index >= 15 is 0 Å². The van der Waals surface area contributed by atoms with Crippen molar-refractivity contribution in [3.8, 4) is 28.8 Å². The molecule has 0 spiro atoms. The summed E-state index contributed by atoms with van der Waals surface area (Å²) < 4.78 is 12.7. The number of ether oxygens (including phenoxy) is 2. The molecule has 2 aromatic heterocycles. The van der Waals surface area contributed by atoms with Crippen molar-refractivity contribution in [2.24, 2.45) is 0 Å². The highest BCUT2D eigenvalue weighted by Gasteiger charge is 2.10. The van der Waals surface area contributed by atoms with Gasteiger partial charge in [-0.3, -0.25) is 0 Å². The Labute approximate surface area is 138 Å². The smallest absolute Gasteiger partial charge is 0.237 e. The average molecular weight is 318 g/mol. The molecule has 2 aromatic carbocycles. The lowest BCUT2D eigenvalue weighted by Gasteiger charge is -2.07. The molecule has 2 heterocycles. The zero-order chi connectivity index (χ0) is 16.4. The summed E-state index contributed by atoms with van der Waals surface area (Å²) in [6.45, 7) is 0. The van der Waals surface area contributed by atoms with Crippen LogP contribution in [-0.4, -0.2) is 26.9 Å². The standard InChI is InChI=1S/C18H14N4O2/c1-23-14-8-5-9-15(12-14)24-17-11-10-16-19-20-18(22(16)21-17)13-6-3-2-4-7-13/h2-12H,1H3. The summed E-state index contributed by atoms with van der Waals surface area (Å²) in [5.74, 6) is 2.49. The molecule has 24 heavy (non-hydrogen) atoms. The number of fused-ring (bicyclic) bond motifs is 1. The molecule has 0 radical (unpaired) electrons. The molecule has 0 fully saturated rings. The minimum Gasteiger partial charge on any atom is -0.497 e. The van der Waals surface area contributed by atoms with Gasteiger partial charge < -0.3 is 9.47 Å². The lowest BCUT2D eigenvalue weighted by atomic mass is 10.2. The van der Waals surface area contributed by atoms with Crippen molar-refractivity contribution in [3.05, 3.63) is 66.7 Å². The molecule has 4 rings (SSSR count). The molecule has 0 bridgehead atoms. The second-order valence-corrected chi connectivity index (χ2v) is 5.11. The van der Waals surface area contributed by atoms with Crippen LogP contribution in [0.15, 0.2) is 66.7 Å². The minimum absolute atomic E-state index is 0.452. The summed E-state index contributed by atoms with van der Waals surface area (Å²) in [6.07, 6.45) is 0. The maximum absolute atomic E-state index is 5.82. The molecule has 0 atom stereocenters. The van der Waals surface area contributed by atoms with Gasteiger partial charge in [0.25, 0.3) is 0 Å². The van der Waals surface area contributed by atoms with Crippen molar-refractivity contribution >= 4 is 5.65 Å². The quantitative estimate of drug-likeness (QED) is 0.575. The predicted molar refractivity (Wildman–Crippen MR) is 89.3 cm³/mol. The fourth-order valence-electron chi connectivity index (χ4n) is 2.38. The fourth-order valence-corrected chi connectivity index (χ4v) is 2.38. The summed E-state index contributed by atoms with van der Waals surface area (Å²) in [7, 11) is 1.62. The van der Waals surface area contributed by atoms with Gasteiger partial charge in [0.2, 0.25) is 5.88 Å². The van der Waals surface area contributed by atoms with Gasteiger partial charge in [-0.05, 0) is 18.2 Å². The lowest BCUT2D eigenvalue weighted by Crippen LogP contribution is -1.98. The predicted octanol–water partition coefficient (Wildman–Crippen LogP) is 3.59. The number of benzene rings is 2. The van der Waals surface area contributed by atoms with Crippen LogP contribution in [0, 0.1) is 0 Å². The number of methoxy groups -OCH3 is 1. The number of hydrogen-bond acceptors (Lipinski definition) is 5. The van der Waals surface area contributed by atoms with Crippen LogP contribution < -0.4 is 9.47 Å². The van der Waals surface area contributed by atoms with Crippen LogP contribution in [0.5, 0.6) is 17.4 Å². The normalized spacial score (nSPS) is 10.7. The Morgan fingerprint density at radius 3 is 2.50 bits per heavy atom. The van der Waals surface area contributed by atoms with Gasteiger partial charge >= 0.3 is 0 Å². The van der Waals surface area contributed by atoms with Gasteiger partial charge in [-0.25, -0.2) is 0 Å². The molecule has 0 saturated heterocycles. The molecule has 6 heteroatoms. The highest BCUT2D eigenvalue weighted by atomic mass is 16.5. The first-order valence-corrected chi connectivity index (χ1v) is 7.43. The van der Waals surface area contributed by atoms with Gasteiger partial charge in [-0.15, -0.1) is 15.3 Å². The maximum Gasteiger partial charge on any atom is 0.237 e. The fraction of sp³-hybridized carbons (Fsp3) is 0.0556. The molecule has 0 N–H and O–H groups in total. The van der Waals surface area contributed by atoms with Crippen molar-refractivity contribution in [2.45, 2.75) is 0 Å².